The van der Waals surface area contributed by atoms with Crippen LogP contribution in [0.15, 0.2) is 29.3 Å². The molecule has 0 fully saturated rings. The second-order valence-corrected chi connectivity index (χ2v) is 7.32. The molecular formula is C18H26IN5O4S. The van der Waals surface area contributed by atoms with E-state index in [9.17, 15) is 15.2 Å². The van der Waals surface area contributed by atoms with E-state index in [1.165, 1.54) is 24.3 Å². The Morgan fingerprint density at radius 1 is 1.34 bits per heavy atom. The van der Waals surface area contributed by atoms with Crippen molar-refractivity contribution < 1.29 is 14.8 Å². The molecule has 0 aliphatic carbocycles. The molecule has 0 amide bonds. The van der Waals surface area contributed by atoms with Gasteiger partial charge in [0.15, 0.2) is 5.96 Å². The van der Waals surface area contributed by atoms with Gasteiger partial charge >= 0.3 is 0 Å². The van der Waals surface area contributed by atoms with Crippen molar-refractivity contribution in [2.24, 2.45) is 4.99 Å². The Kier molecular flexibility index (Phi) is 10.8. The molecule has 9 nitrogen and oxygen atoms in total. The average molecular weight is 535 g/mol. The van der Waals surface area contributed by atoms with Crippen molar-refractivity contribution in [3.8, 4) is 5.75 Å². The number of non-ortho nitro benzene ring substituents is 1. The minimum Gasteiger partial charge on any atom is -0.491 e. The highest BCUT2D eigenvalue weighted by Crippen LogP contribution is 2.18. The molecule has 0 saturated carbocycles. The molecule has 2 rings (SSSR count). The Bertz CT molecular complexity index is 813. The van der Waals surface area contributed by atoms with Crippen molar-refractivity contribution in [2.45, 2.75) is 33.4 Å². The lowest BCUT2D eigenvalue weighted by atomic mass is 10.3. The number of aliphatic hydroxyl groups excluding tert-OH is 1. The van der Waals surface area contributed by atoms with Gasteiger partial charge in [-0.2, -0.15) is 0 Å². The summed E-state index contributed by atoms with van der Waals surface area (Å²) in [6.07, 6.45) is -0.772. The molecule has 29 heavy (non-hydrogen) atoms. The van der Waals surface area contributed by atoms with E-state index in [1.807, 2.05) is 20.8 Å². The van der Waals surface area contributed by atoms with Gasteiger partial charge in [-0.05, 0) is 32.9 Å². The molecule has 0 radical (unpaired) electrons. The second-order valence-electron chi connectivity index (χ2n) is 6.03. The summed E-state index contributed by atoms with van der Waals surface area (Å²) in [5, 5.41) is 28.0. The highest BCUT2D eigenvalue weighted by molar-refractivity contribution is 14.0. The number of aryl methyl sites for hydroxylation is 2. The van der Waals surface area contributed by atoms with Gasteiger partial charge in [-0.25, -0.2) is 9.98 Å². The first-order chi connectivity index (χ1) is 13.4. The van der Waals surface area contributed by atoms with Crippen LogP contribution in [-0.4, -0.2) is 46.8 Å². The third-order valence-corrected chi connectivity index (χ3v) is 4.78. The fourth-order valence-corrected chi connectivity index (χ4v) is 3.20. The zero-order chi connectivity index (χ0) is 20.5. The van der Waals surface area contributed by atoms with Crippen molar-refractivity contribution in [3.63, 3.8) is 0 Å². The molecule has 1 atom stereocenters. The minimum atomic E-state index is -0.772. The summed E-state index contributed by atoms with van der Waals surface area (Å²) in [5.74, 6) is 1.06. The Labute approximate surface area is 190 Å². The molecule has 0 spiro atoms. The Balaban J connectivity index is 0.00000420. The van der Waals surface area contributed by atoms with E-state index in [2.05, 4.69) is 20.6 Å². The summed E-state index contributed by atoms with van der Waals surface area (Å²) in [5.41, 5.74) is 0.978. The monoisotopic (exact) mass is 535 g/mol. The fourth-order valence-electron chi connectivity index (χ4n) is 2.34. The maximum absolute atomic E-state index is 10.6. The number of aliphatic hydroxyl groups is 1. The quantitative estimate of drug-likeness (QED) is 0.148. The first-order valence-corrected chi connectivity index (χ1v) is 9.71. The molecular weight excluding hydrogens is 509 g/mol. The topological polar surface area (TPSA) is 122 Å². The lowest BCUT2D eigenvalue weighted by molar-refractivity contribution is -0.384. The summed E-state index contributed by atoms with van der Waals surface area (Å²) in [7, 11) is 0. The van der Waals surface area contributed by atoms with Crippen LogP contribution in [0, 0.1) is 24.0 Å². The van der Waals surface area contributed by atoms with Crippen LogP contribution >= 0.6 is 35.3 Å². The van der Waals surface area contributed by atoms with E-state index < -0.39 is 11.0 Å². The Hall–Kier alpha value is -1.99. The van der Waals surface area contributed by atoms with Crippen LogP contribution in [0.1, 0.15) is 22.5 Å². The smallest absolute Gasteiger partial charge is 0.269 e. The van der Waals surface area contributed by atoms with Gasteiger partial charge in [0.2, 0.25) is 0 Å². The van der Waals surface area contributed by atoms with E-state index in [0.717, 1.165) is 15.6 Å². The first-order valence-electron chi connectivity index (χ1n) is 8.89. The highest BCUT2D eigenvalue weighted by atomic mass is 127. The summed E-state index contributed by atoms with van der Waals surface area (Å²) in [6, 6.07) is 5.73. The molecule has 0 aliphatic heterocycles. The van der Waals surface area contributed by atoms with Gasteiger partial charge in [-0.3, -0.25) is 10.1 Å². The molecule has 1 aromatic heterocycles. The normalized spacial score (nSPS) is 12.1. The van der Waals surface area contributed by atoms with Crippen molar-refractivity contribution in [1.82, 2.24) is 15.6 Å². The summed E-state index contributed by atoms with van der Waals surface area (Å²) in [6.45, 7) is 7.41. The second kappa shape index (κ2) is 12.5. The van der Waals surface area contributed by atoms with Gasteiger partial charge in [0, 0.05) is 30.1 Å². The van der Waals surface area contributed by atoms with Gasteiger partial charge in [0.1, 0.15) is 18.5 Å². The summed E-state index contributed by atoms with van der Waals surface area (Å²) < 4.78 is 5.46. The lowest BCUT2D eigenvalue weighted by Gasteiger charge is -2.16. The third-order valence-electron chi connectivity index (χ3n) is 3.72. The molecule has 160 valence electrons. The number of aliphatic imine (C=N–C) groups is 1. The minimum absolute atomic E-state index is 0. The largest absolute Gasteiger partial charge is 0.491 e. The number of nitrogens with zero attached hydrogens (tertiary/aromatic N) is 3. The molecule has 0 saturated heterocycles. The molecule has 1 unspecified atom stereocenters. The molecule has 0 bridgehead atoms. The number of nitro groups is 1. The van der Waals surface area contributed by atoms with Crippen LogP contribution in [0.5, 0.6) is 5.75 Å². The van der Waals surface area contributed by atoms with E-state index in [0.29, 0.717) is 24.8 Å². The summed E-state index contributed by atoms with van der Waals surface area (Å²) >= 11 is 1.62. The van der Waals surface area contributed by atoms with Crippen LogP contribution in [0.2, 0.25) is 0 Å². The zero-order valence-electron chi connectivity index (χ0n) is 16.5. The van der Waals surface area contributed by atoms with Gasteiger partial charge < -0.3 is 20.5 Å². The lowest BCUT2D eigenvalue weighted by Crippen LogP contribution is -2.42. The van der Waals surface area contributed by atoms with Crippen LogP contribution in [0.4, 0.5) is 5.69 Å². The van der Waals surface area contributed by atoms with Gasteiger partial charge in [0.05, 0.1) is 22.2 Å². The van der Waals surface area contributed by atoms with E-state index in [-0.39, 0.29) is 42.8 Å². The number of nitro benzene ring substituents is 1. The number of guanidine groups is 1. The van der Waals surface area contributed by atoms with E-state index in [1.54, 1.807) is 11.3 Å². The zero-order valence-corrected chi connectivity index (χ0v) is 19.7. The summed E-state index contributed by atoms with van der Waals surface area (Å²) in [4.78, 5) is 20.2. The number of hydrogen-bond acceptors (Lipinski definition) is 7. The van der Waals surface area contributed by atoms with Crippen molar-refractivity contribution in [2.75, 3.05) is 19.7 Å². The van der Waals surface area contributed by atoms with Gasteiger partial charge in [-0.1, -0.05) is 0 Å². The fraction of sp³-hybridized carbons (Fsp3) is 0.444. The van der Waals surface area contributed by atoms with Crippen LogP contribution in [-0.2, 0) is 6.54 Å². The number of halogens is 1. The SMILES string of the molecule is CCNC(=NCc1sc(C)nc1C)NCC(O)COc1ccc([N+](=O)[O-])cc1.I. The number of aromatic nitrogens is 1. The van der Waals surface area contributed by atoms with Gasteiger partial charge in [0.25, 0.3) is 5.69 Å². The number of thiazole rings is 1. The average Bonchev–Trinajstić information content (AvgIpc) is 2.99. The number of ether oxygens (including phenoxy) is 1. The predicted octanol–water partition coefficient (Wildman–Crippen LogP) is 2.78. The van der Waals surface area contributed by atoms with Crippen LogP contribution < -0.4 is 15.4 Å². The number of rotatable bonds is 9. The maximum Gasteiger partial charge on any atom is 0.269 e. The molecule has 3 N–H and O–H groups in total. The maximum atomic E-state index is 10.6. The van der Waals surface area contributed by atoms with Crippen molar-refractivity contribution in [3.05, 3.63) is 50.0 Å². The Morgan fingerprint density at radius 3 is 2.59 bits per heavy atom. The number of nitrogens with one attached hydrogen (secondary N) is 2. The molecule has 1 heterocycles. The van der Waals surface area contributed by atoms with Crippen LogP contribution in [0.3, 0.4) is 0 Å². The van der Waals surface area contributed by atoms with Crippen molar-refractivity contribution in [1.29, 1.82) is 0 Å². The van der Waals surface area contributed by atoms with Gasteiger partial charge in [-0.15, -0.1) is 35.3 Å². The Morgan fingerprint density at radius 2 is 2.03 bits per heavy atom. The molecule has 2 aromatic rings. The standard InChI is InChI=1S/C18H25N5O4S.HI/c1-4-19-18(21-10-17-12(2)22-13(3)28-17)20-9-15(24)11-27-16-7-5-14(6-8-16)23(25)26;/h5-8,15,24H,4,9-11H2,1-3H3,(H2,19,20,21);1H. The number of benzene rings is 1. The highest BCUT2D eigenvalue weighted by Gasteiger charge is 2.09. The molecule has 0 aliphatic rings. The van der Waals surface area contributed by atoms with E-state index in [4.69, 9.17) is 4.74 Å². The van der Waals surface area contributed by atoms with Crippen molar-refractivity contribution >= 4 is 47.0 Å². The predicted molar refractivity (Wildman–Crippen MR) is 124 cm³/mol. The van der Waals surface area contributed by atoms with E-state index >= 15 is 0 Å². The number of hydrogen-bond donors (Lipinski definition) is 3. The third kappa shape index (κ3) is 8.50. The first kappa shape index (κ1) is 25.0. The molecule has 11 heteroatoms. The molecule has 1 aromatic carbocycles. The van der Waals surface area contributed by atoms with Crippen LogP contribution in [0.25, 0.3) is 0 Å².